The number of thiophene rings is 1. The lowest BCUT2D eigenvalue weighted by Crippen LogP contribution is -2.42. The quantitative estimate of drug-likeness (QED) is 0.819. The number of nitrogens with zero attached hydrogens (tertiary/aromatic N) is 1. The molecule has 1 aliphatic heterocycles. The van der Waals surface area contributed by atoms with E-state index in [1.54, 1.807) is 11.3 Å². The standard InChI is InChI=1S/C15H23NO3S/c1-12(14-4-2-11-20-14)15(18)16-7-5-13(6-8-16)19-10-3-9-17/h2,4,11-13,17H,3,5-10H2,1H3. The lowest BCUT2D eigenvalue weighted by Gasteiger charge is -2.33. The second kappa shape index (κ2) is 7.76. The summed E-state index contributed by atoms with van der Waals surface area (Å²) in [5.74, 6) is 0.183. The number of likely N-dealkylation sites (tertiary alicyclic amines) is 1. The summed E-state index contributed by atoms with van der Waals surface area (Å²) in [6, 6.07) is 4.02. The molecular weight excluding hydrogens is 274 g/mol. The number of aliphatic hydroxyl groups excluding tert-OH is 1. The maximum absolute atomic E-state index is 12.4. The van der Waals surface area contributed by atoms with Crippen molar-refractivity contribution in [1.82, 2.24) is 4.90 Å². The molecular formula is C15H23NO3S. The molecule has 20 heavy (non-hydrogen) atoms. The van der Waals surface area contributed by atoms with Crippen molar-refractivity contribution in [2.45, 2.75) is 38.2 Å². The maximum Gasteiger partial charge on any atom is 0.230 e. The van der Waals surface area contributed by atoms with Crippen LogP contribution in [0.1, 0.15) is 37.0 Å². The molecule has 2 heterocycles. The molecule has 5 heteroatoms. The average molecular weight is 297 g/mol. The molecule has 0 spiro atoms. The maximum atomic E-state index is 12.4. The highest BCUT2D eigenvalue weighted by Gasteiger charge is 2.27. The van der Waals surface area contributed by atoms with Crippen LogP contribution in [-0.2, 0) is 9.53 Å². The first kappa shape index (κ1) is 15.5. The number of carbonyl (C=O) groups is 1. The molecule has 4 nitrogen and oxygen atoms in total. The molecule has 0 saturated carbocycles. The largest absolute Gasteiger partial charge is 0.396 e. The van der Waals surface area contributed by atoms with E-state index in [2.05, 4.69) is 0 Å². The van der Waals surface area contributed by atoms with Gasteiger partial charge >= 0.3 is 0 Å². The van der Waals surface area contributed by atoms with E-state index in [9.17, 15) is 4.79 Å². The lowest BCUT2D eigenvalue weighted by molar-refractivity contribution is -0.135. The van der Waals surface area contributed by atoms with Crippen LogP contribution >= 0.6 is 11.3 Å². The highest BCUT2D eigenvalue weighted by molar-refractivity contribution is 7.10. The monoisotopic (exact) mass is 297 g/mol. The smallest absolute Gasteiger partial charge is 0.230 e. The summed E-state index contributed by atoms with van der Waals surface area (Å²) >= 11 is 1.64. The fraction of sp³-hybridized carbons (Fsp3) is 0.667. The molecule has 1 aromatic rings. The van der Waals surface area contributed by atoms with Crippen molar-refractivity contribution >= 4 is 17.2 Å². The van der Waals surface area contributed by atoms with E-state index in [-0.39, 0.29) is 24.5 Å². The molecule has 0 bridgehead atoms. The van der Waals surface area contributed by atoms with Gasteiger partial charge in [-0.15, -0.1) is 11.3 Å². The van der Waals surface area contributed by atoms with Crippen molar-refractivity contribution in [3.05, 3.63) is 22.4 Å². The summed E-state index contributed by atoms with van der Waals surface area (Å²) in [4.78, 5) is 15.5. The Bertz CT molecular complexity index is 399. The van der Waals surface area contributed by atoms with Crippen LogP contribution in [0.4, 0.5) is 0 Å². The van der Waals surface area contributed by atoms with Gasteiger partial charge in [0.05, 0.1) is 12.0 Å². The van der Waals surface area contributed by atoms with Gasteiger partial charge in [0.2, 0.25) is 5.91 Å². The summed E-state index contributed by atoms with van der Waals surface area (Å²) in [5.41, 5.74) is 0. The molecule has 0 aliphatic carbocycles. The Labute approximate surface area is 124 Å². The zero-order valence-electron chi connectivity index (χ0n) is 12.0. The van der Waals surface area contributed by atoms with Crippen molar-refractivity contribution in [1.29, 1.82) is 0 Å². The number of hydrogen-bond acceptors (Lipinski definition) is 4. The molecule has 1 amide bonds. The first-order chi connectivity index (χ1) is 9.72. The number of hydrogen-bond donors (Lipinski definition) is 1. The second-order valence-electron chi connectivity index (χ2n) is 5.21. The van der Waals surface area contributed by atoms with Crippen LogP contribution in [0.3, 0.4) is 0 Å². The molecule has 0 aromatic carbocycles. The molecule has 112 valence electrons. The summed E-state index contributed by atoms with van der Waals surface area (Å²) < 4.78 is 5.69. The fourth-order valence-corrected chi connectivity index (χ4v) is 3.27. The van der Waals surface area contributed by atoms with Crippen molar-refractivity contribution in [2.75, 3.05) is 26.3 Å². The molecule has 2 rings (SSSR count). The Hall–Kier alpha value is -0.910. The molecule has 1 unspecified atom stereocenters. The molecule has 1 saturated heterocycles. The fourth-order valence-electron chi connectivity index (χ4n) is 2.49. The summed E-state index contributed by atoms with van der Waals surface area (Å²) in [6.45, 7) is 4.32. The first-order valence-corrected chi connectivity index (χ1v) is 8.15. The Morgan fingerprint density at radius 1 is 1.55 bits per heavy atom. The third-order valence-corrected chi connectivity index (χ3v) is 4.81. The van der Waals surface area contributed by atoms with Gasteiger partial charge in [-0.05, 0) is 37.6 Å². The lowest BCUT2D eigenvalue weighted by atomic mass is 10.0. The normalized spacial score (nSPS) is 18.2. The highest BCUT2D eigenvalue weighted by Crippen LogP contribution is 2.24. The number of aliphatic hydroxyl groups is 1. The van der Waals surface area contributed by atoms with E-state index < -0.39 is 0 Å². The number of piperidine rings is 1. The van der Waals surface area contributed by atoms with Crippen molar-refractivity contribution in [2.24, 2.45) is 0 Å². The molecule has 1 aliphatic rings. The van der Waals surface area contributed by atoms with Gasteiger partial charge in [0, 0.05) is 31.2 Å². The van der Waals surface area contributed by atoms with Gasteiger partial charge < -0.3 is 14.7 Å². The molecule has 1 N–H and O–H groups in total. The second-order valence-corrected chi connectivity index (χ2v) is 6.19. The van der Waals surface area contributed by atoms with Crippen LogP contribution in [0, 0.1) is 0 Å². The van der Waals surface area contributed by atoms with Gasteiger partial charge in [0.25, 0.3) is 0 Å². The van der Waals surface area contributed by atoms with Gasteiger partial charge in [-0.1, -0.05) is 6.07 Å². The molecule has 0 radical (unpaired) electrons. The number of carbonyl (C=O) groups excluding carboxylic acids is 1. The van der Waals surface area contributed by atoms with Crippen LogP contribution in [0.25, 0.3) is 0 Å². The minimum atomic E-state index is -0.0399. The van der Waals surface area contributed by atoms with Crippen LogP contribution in [0.15, 0.2) is 17.5 Å². The van der Waals surface area contributed by atoms with E-state index in [4.69, 9.17) is 9.84 Å². The van der Waals surface area contributed by atoms with Crippen molar-refractivity contribution in [3.63, 3.8) is 0 Å². The van der Waals surface area contributed by atoms with Gasteiger partial charge in [-0.3, -0.25) is 4.79 Å². The Morgan fingerprint density at radius 3 is 2.90 bits per heavy atom. The number of rotatable bonds is 6. The Morgan fingerprint density at radius 2 is 2.30 bits per heavy atom. The van der Waals surface area contributed by atoms with E-state index in [1.165, 1.54) is 0 Å². The summed E-state index contributed by atoms with van der Waals surface area (Å²) in [6.07, 6.45) is 2.72. The number of amides is 1. The molecule has 1 atom stereocenters. The Balaban J connectivity index is 1.77. The van der Waals surface area contributed by atoms with Crippen LogP contribution in [0.2, 0.25) is 0 Å². The zero-order valence-corrected chi connectivity index (χ0v) is 12.8. The zero-order chi connectivity index (χ0) is 14.4. The summed E-state index contributed by atoms with van der Waals surface area (Å²) in [5, 5.41) is 10.7. The highest BCUT2D eigenvalue weighted by atomic mass is 32.1. The van der Waals surface area contributed by atoms with Gasteiger partial charge in [0.1, 0.15) is 0 Å². The van der Waals surface area contributed by atoms with Crippen LogP contribution in [0.5, 0.6) is 0 Å². The van der Waals surface area contributed by atoms with Crippen molar-refractivity contribution in [3.8, 4) is 0 Å². The van der Waals surface area contributed by atoms with Crippen LogP contribution < -0.4 is 0 Å². The third-order valence-electron chi connectivity index (χ3n) is 3.75. The molecule has 1 aromatic heterocycles. The van der Waals surface area contributed by atoms with E-state index >= 15 is 0 Å². The average Bonchev–Trinajstić information content (AvgIpc) is 3.01. The predicted molar refractivity (Wildman–Crippen MR) is 80.0 cm³/mol. The van der Waals surface area contributed by atoms with Gasteiger partial charge in [0.15, 0.2) is 0 Å². The predicted octanol–water partition coefficient (Wildman–Crippen LogP) is 2.24. The minimum Gasteiger partial charge on any atom is -0.396 e. The summed E-state index contributed by atoms with van der Waals surface area (Å²) in [7, 11) is 0. The number of ether oxygens (including phenoxy) is 1. The van der Waals surface area contributed by atoms with Gasteiger partial charge in [-0.2, -0.15) is 0 Å². The molecule has 1 fully saturated rings. The minimum absolute atomic E-state index is 0.0399. The van der Waals surface area contributed by atoms with E-state index in [0.29, 0.717) is 13.0 Å². The van der Waals surface area contributed by atoms with Crippen LogP contribution in [-0.4, -0.2) is 48.3 Å². The van der Waals surface area contributed by atoms with E-state index in [1.807, 2.05) is 29.3 Å². The topological polar surface area (TPSA) is 49.8 Å². The third kappa shape index (κ3) is 4.04. The van der Waals surface area contributed by atoms with Crippen molar-refractivity contribution < 1.29 is 14.6 Å². The SMILES string of the molecule is CC(C(=O)N1CCC(OCCCO)CC1)c1cccs1. The van der Waals surface area contributed by atoms with E-state index in [0.717, 1.165) is 30.8 Å². The van der Waals surface area contributed by atoms with Gasteiger partial charge in [-0.25, -0.2) is 0 Å². The Kier molecular flexibility index (Phi) is 6.01. The first-order valence-electron chi connectivity index (χ1n) is 7.27.